The van der Waals surface area contributed by atoms with Crippen LogP contribution < -0.4 is 10.2 Å². The Balaban J connectivity index is 1.55. The molecule has 2 atom stereocenters. The zero-order valence-corrected chi connectivity index (χ0v) is 15.7. The van der Waals surface area contributed by atoms with Gasteiger partial charge in [0.1, 0.15) is 24.5 Å². The average molecular weight is 357 g/mol. The zero-order chi connectivity index (χ0) is 18.5. The van der Waals surface area contributed by atoms with Crippen LogP contribution in [0, 0.1) is 0 Å². The van der Waals surface area contributed by atoms with Gasteiger partial charge in [0.25, 0.3) is 0 Å². The summed E-state index contributed by atoms with van der Waals surface area (Å²) in [7, 11) is 3.96. The number of carbonyl (C=O) groups excluding carboxylic acids is 1. The van der Waals surface area contributed by atoms with Gasteiger partial charge < -0.3 is 15.1 Å². The second-order valence-corrected chi connectivity index (χ2v) is 6.95. The Morgan fingerprint density at radius 3 is 2.81 bits per heavy atom. The number of carbonyl (C=O) groups is 1. The fourth-order valence-electron chi connectivity index (χ4n) is 3.23. The quantitative estimate of drug-likeness (QED) is 0.879. The van der Waals surface area contributed by atoms with Crippen LogP contribution in [-0.2, 0) is 4.79 Å². The number of anilines is 2. The molecule has 0 unspecified atom stereocenters. The number of nitrogens with zero attached hydrogens (tertiary/aromatic N) is 6. The molecule has 0 radical (unpaired) electrons. The second-order valence-electron chi connectivity index (χ2n) is 6.95. The van der Waals surface area contributed by atoms with Crippen LogP contribution in [0.4, 0.5) is 11.5 Å². The second kappa shape index (κ2) is 8.16. The molecule has 3 rings (SSSR count). The van der Waals surface area contributed by atoms with Crippen molar-refractivity contribution in [2.45, 2.75) is 38.3 Å². The molecule has 0 aromatic carbocycles. The molecule has 0 spiro atoms. The molecular weight excluding hydrogens is 330 g/mol. The maximum Gasteiger partial charge on any atom is 0.247 e. The number of hydrogen-bond donors (Lipinski definition) is 1. The maximum atomic E-state index is 12.7. The first kappa shape index (κ1) is 18.2. The highest BCUT2D eigenvalue weighted by Gasteiger charge is 2.25. The largest absolute Gasteiger partial charge is 0.381 e. The lowest BCUT2D eigenvalue weighted by molar-refractivity contribution is -0.134. The normalized spacial score (nSPS) is 18.9. The summed E-state index contributed by atoms with van der Waals surface area (Å²) in [6.07, 6.45) is 7.87. The molecule has 3 heterocycles. The minimum atomic E-state index is -0.315. The van der Waals surface area contributed by atoms with Gasteiger partial charge in [-0.05, 0) is 38.3 Å². The predicted molar refractivity (Wildman–Crippen MR) is 101 cm³/mol. The number of hydrogen-bond acceptors (Lipinski definition) is 6. The van der Waals surface area contributed by atoms with E-state index in [1.165, 1.54) is 6.33 Å². The van der Waals surface area contributed by atoms with E-state index in [9.17, 15) is 4.79 Å². The highest BCUT2D eigenvalue weighted by atomic mass is 16.2. The monoisotopic (exact) mass is 357 g/mol. The summed E-state index contributed by atoms with van der Waals surface area (Å²) in [5.74, 6) is 1.04. The molecule has 0 saturated carbocycles. The van der Waals surface area contributed by atoms with Crippen molar-refractivity contribution in [3.05, 3.63) is 31.0 Å². The Hall–Kier alpha value is -2.64. The van der Waals surface area contributed by atoms with Crippen molar-refractivity contribution in [3.8, 4) is 0 Å². The van der Waals surface area contributed by atoms with Gasteiger partial charge in [-0.25, -0.2) is 14.6 Å². The van der Waals surface area contributed by atoms with Crippen LogP contribution in [0.5, 0.6) is 0 Å². The lowest BCUT2D eigenvalue weighted by Crippen LogP contribution is -2.37. The Morgan fingerprint density at radius 2 is 2.15 bits per heavy atom. The molecule has 1 aliphatic rings. The van der Waals surface area contributed by atoms with E-state index in [1.807, 2.05) is 43.1 Å². The molecule has 1 aliphatic heterocycles. The Labute approximate surface area is 154 Å². The summed E-state index contributed by atoms with van der Waals surface area (Å²) in [5, 5.41) is 7.64. The Bertz CT molecular complexity index is 699. The summed E-state index contributed by atoms with van der Waals surface area (Å²) in [6, 6.07) is 4.10. The first-order valence-electron chi connectivity index (χ1n) is 9.07. The van der Waals surface area contributed by atoms with Gasteiger partial charge in [0, 0.05) is 33.2 Å². The third-order valence-corrected chi connectivity index (χ3v) is 4.81. The van der Waals surface area contributed by atoms with Gasteiger partial charge in [0.2, 0.25) is 5.91 Å². The third-order valence-electron chi connectivity index (χ3n) is 4.81. The Kier molecular flexibility index (Phi) is 5.70. The van der Waals surface area contributed by atoms with Crippen molar-refractivity contribution in [1.82, 2.24) is 24.6 Å². The summed E-state index contributed by atoms with van der Waals surface area (Å²) in [5.41, 5.74) is 1.02. The first-order valence-corrected chi connectivity index (χ1v) is 9.07. The topological polar surface area (TPSA) is 79.2 Å². The number of nitrogens with one attached hydrogen (secondary N) is 1. The number of aromatic nitrogens is 4. The molecular formula is C18H27N7O. The van der Waals surface area contributed by atoms with Crippen molar-refractivity contribution in [3.63, 3.8) is 0 Å². The highest BCUT2D eigenvalue weighted by molar-refractivity contribution is 5.80. The van der Waals surface area contributed by atoms with Gasteiger partial charge in [-0.1, -0.05) is 0 Å². The molecule has 8 nitrogen and oxygen atoms in total. The van der Waals surface area contributed by atoms with E-state index in [0.29, 0.717) is 6.04 Å². The Morgan fingerprint density at radius 1 is 1.31 bits per heavy atom. The van der Waals surface area contributed by atoms with Crippen LogP contribution in [0.1, 0.15) is 32.2 Å². The molecule has 8 heteroatoms. The summed E-state index contributed by atoms with van der Waals surface area (Å²) >= 11 is 0. The van der Waals surface area contributed by atoms with Gasteiger partial charge in [-0.15, -0.1) is 0 Å². The predicted octanol–water partition coefficient (Wildman–Crippen LogP) is 1.79. The van der Waals surface area contributed by atoms with E-state index in [4.69, 9.17) is 0 Å². The zero-order valence-electron chi connectivity index (χ0n) is 15.7. The number of pyridine rings is 1. The van der Waals surface area contributed by atoms with Crippen LogP contribution in [-0.4, -0.2) is 63.8 Å². The minimum Gasteiger partial charge on any atom is -0.381 e. The van der Waals surface area contributed by atoms with Crippen molar-refractivity contribution < 1.29 is 4.79 Å². The minimum absolute atomic E-state index is 0.105. The van der Waals surface area contributed by atoms with Crippen LogP contribution in [0.15, 0.2) is 31.0 Å². The molecule has 2 aromatic heterocycles. The summed E-state index contributed by atoms with van der Waals surface area (Å²) in [6.45, 7) is 3.40. The van der Waals surface area contributed by atoms with Gasteiger partial charge in [-0.2, -0.15) is 5.10 Å². The van der Waals surface area contributed by atoms with E-state index in [-0.39, 0.29) is 11.9 Å². The van der Waals surface area contributed by atoms with Crippen molar-refractivity contribution in [2.24, 2.45) is 0 Å². The van der Waals surface area contributed by atoms with E-state index in [1.54, 1.807) is 11.0 Å². The molecule has 1 fully saturated rings. The molecule has 0 bridgehead atoms. The van der Waals surface area contributed by atoms with Crippen molar-refractivity contribution >= 4 is 17.4 Å². The highest BCUT2D eigenvalue weighted by Crippen LogP contribution is 2.20. The van der Waals surface area contributed by atoms with Crippen LogP contribution in [0.2, 0.25) is 0 Å². The van der Waals surface area contributed by atoms with Crippen molar-refractivity contribution in [2.75, 3.05) is 37.4 Å². The third kappa shape index (κ3) is 4.30. The molecule has 140 valence electrons. The summed E-state index contributed by atoms with van der Waals surface area (Å²) < 4.78 is 1.61. The fraction of sp³-hybridized carbons (Fsp3) is 0.556. The van der Waals surface area contributed by atoms with Gasteiger partial charge >= 0.3 is 0 Å². The standard InChI is InChI=1S/C18H27N7O/c1-14(25-13-19-12-21-25)18(26)24-9-4-5-15(8-10-24)22-16-6-7-17(20-11-16)23(2)3/h6-7,11-15,22H,4-5,8-10H2,1-3H3/t14-,15+/m1/s1. The van der Waals surface area contributed by atoms with E-state index < -0.39 is 0 Å². The first-order chi connectivity index (χ1) is 12.5. The molecule has 0 aliphatic carbocycles. The van der Waals surface area contributed by atoms with Crippen molar-refractivity contribution in [1.29, 1.82) is 0 Å². The lowest BCUT2D eigenvalue weighted by atomic mass is 10.1. The SMILES string of the molecule is C[C@H](C(=O)N1CCC[C@H](Nc2ccc(N(C)C)nc2)CC1)n1cncn1. The maximum absolute atomic E-state index is 12.7. The van der Waals surface area contributed by atoms with Gasteiger partial charge in [0.15, 0.2) is 0 Å². The smallest absolute Gasteiger partial charge is 0.247 e. The van der Waals surface area contributed by atoms with Gasteiger partial charge in [-0.3, -0.25) is 4.79 Å². The van der Waals surface area contributed by atoms with Crippen LogP contribution >= 0.6 is 0 Å². The number of amides is 1. The molecule has 2 aromatic rings. The molecule has 1 amide bonds. The van der Waals surface area contributed by atoms with E-state index >= 15 is 0 Å². The fourth-order valence-corrected chi connectivity index (χ4v) is 3.23. The molecule has 1 N–H and O–H groups in total. The van der Waals surface area contributed by atoms with Crippen LogP contribution in [0.25, 0.3) is 0 Å². The molecule has 26 heavy (non-hydrogen) atoms. The summed E-state index contributed by atoms with van der Waals surface area (Å²) in [4.78, 5) is 25.0. The number of likely N-dealkylation sites (tertiary alicyclic amines) is 1. The van der Waals surface area contributed by atoms with Crippen LogP contribution in [0.3, 0.4) is 0 Å². The molecule has 1 saturated heterocycles. The number of rotatable bonds is 5. The average Bonchev–Trinajstić information content (AvgIpc) is 3.08. The van der Waals surface area contributed by atoms with E-state index in [2.05, 4.69) is 26.4 Å². The van der Waals surface area contributed by atoms with Gasteiger partial charge in [0.05, 0.1) is 11.9 Å². The van der Waals surface area contributed by atoms with E-state index in [0.717, 1.165) is 43.9 Å². The lowest BCUT2D eigenvalue weighted by Gasteiger charge is -2.24.